The van der Waals surface area contributed by atoms with Crippen molar-refractivity contribution >= 4 is 28.5 Å². The second-order valence-electron chi connectivity index (χ2n) is 5.74. The van der Waals surface area contributed by atoms with E-state index in [1.54, 1.807) is 12.5 Å². The highest BCUT2D eigenvalue weighted by Gasteiger charge is 2.17. The number of anilines is 1. The van der Waals surface area contributed by atoms with Gasteiger partial charge in [0.15, 0.2) is 5.76 Å². The predicted octanol–water partition coefficient (Wildman–Crippen LogP) is 4.20. The molecule has 25 heavy (non-hydrogen) atoms. The molecule has 0 aliphatic heterocycles. The molecular weight excluding hydrogens is 338 g/mol. The van der Waals surface area contributed by atoms with Crippen LogP contribution in [0, 0.1) is 13.8 Å². The number of fused-ring (bicyclic) bond motifs is 1. The monoisotopic (exact) mass is 351 g/mol. The molecule has 0 unspecified atom stereocenters. The lowest BCUT2D eigenvalue weighted by atomic mass is 10.0. The molecule has 0 aliphatic carbocycles. The van der Waals surface area contributed by atoms with E-state index in [0.717, 1.165) is 27.8 Å². The van der Waals surface area contributed by atoms with E-state index in [1.165, 1.54) is 6.33 Å². The van der Waals surface area contributed by atoms with Gasteiger partial charge in [0.05, 0.1) is 16.8 Å². The summed E-state index contributed by atoms with van der Waals surface area (Å²) < 4.78 is 5.61. The molecule has 0 radical (unpaired) electrons. The largest absolute Gasteiger partial charge is 0.462 e. The lowest BCUT2D eigenvalue weighted by molar-refractivity contribution is 0.578. The molecular formula is C18H14ClN5O. The Balaban J connectivity index is 2.01. The molecule has 0 fully saturated rings. The van der Waals surface area contributed by atoms with Gasteiger partial charge in [0.2, 0.25) is 5.95 Å². The fourth-order valence-corrected chi connectivity index (χ4v) is 3.07. The van der Waals surface area contributed by atoms with Crippen LogP contribution in [0.5, 0.6) is 0 Å². The number of halogens is 1. The van der Waals surface area contributed by atoms with E-state index in [-0.39, 0.29) is 5.95 Å². The Morgan fingerprint density at radius 3 is 2.72 bits per heavy atom. The minimum atomic E-state index is 0.181. The number of furan rings is 1. The number of hydrogen-bond donors (Lipinski definition) is 1. The standard InChI is InChI=1S/C18H14ClN5O/c1-9-3-4-25-17(9)16-13(7-21-18(20)24-16)11-5-12-10(2)22-8-23-15(12)14(19)6-11/h3-8H,1-2H3,(H2,20,21,24). The molecule has 4 aromatic rings. The quantitative estimate of drug-likeness (QED) is 0.582. The fraction of sp³-hybridized carbons (Fsp3) is 0.111. The van der Waals surface area contributed by atoms with Crippen molar-refractivity contribution in [3.05, 3.63) is 53.3 Å². The van der Waals surface area contributed by atoms with Crippen LogP contribution < -0.4 is 5.73 Å². The fourth-order valence-electron chi connectivity index (χ4n) is 2.80. The summed E-state index contributed by atoms with van der Waals surface area (Å²) in [7, 11) is 0. The highest BCUT2D eigenvalue weighted by Crippen LogP contribution is 2.36. The number of nitrogen functional groups attached to an aromatic ring is 1. The second kappa shape index (κ2) is 5.82. The molecule has 3 heterocycles. The number of nitrogens with two attached hydrogens (primary N) is 1. The van der Waals surface area contributed by atoms with E-state index < -0.39 is 0 Å². The van der Waals surface area contributed by atoms with Gasteiger partial charge in [-0.25, -0.2) is 19.9 Å². The van der Waals surface area contributed by atoms with Gasteiger partial charge in [0, 0.05) is 22.8 Å². The molecule has 1 aromatic carbocycles. The van der Waals surface area contributed by atoms with Crippen molar-refractivity contribution in [2.24, 2.45) is 0 Å². The van der Waals surface area contributed by atoms with Crippen LogP contribution >= 0.6 is 11.6 Å². The molecule has 3 aromatic heterocycles. The number of hydrogen-bond acceptors (Lipinski definition) is 6. The van der Waals surface area contributed by atoms with Gasteiger partial charge in [-0.1, -0.05) is 11.6 Å². The van der Waals surface area contributed by atoms with Crippen LogP contribution in [0.2, 0.25) is 5.02 Å². The van der Waals surface area contributed by atoms with Crippen molar-refractivity contribution in [2.45, 2.75) is 13.8 Å². The van der Waals surface area contributed by atoms with Crippen LogP contribution in [0.1, 0.15) is 11.3 Å². The van der Waals surface area contributed by atoms with E-state index in [0.29, 0.717) is 22.0 Å². The van der Waals surface area contributed by atoms with Crippen molar-refractivity contribution < 1.29 is 4.42 Å². The van der Waals surface area contributed by atoms with Crippen molar-refractivity contribution in [3.63, 3.8) is 0 Å². The summed E-state index contributed by atoms with van der Waals surface area (Å²) in [5, 5.41) is 1.42. The Morgan fingerprint density at radius 1 is 1.12 bits per heavy atom. The highest BCUT2D eigenvalue weighted by atomic mass is 35.5. The van der Waals surface area contributed by atoms with Crippen LogP contribution in [-0.2, 0) is 0 Å². The maximum atomic E-state index is 6.44. The summed E-state index contributed by atoms with van der Waals surface area (Å²) in [5.41, 5.74) is 10.6. The van der Waals surface area contributed by atoms with Crippen LogP contribution in [-0.4, -0.2) is 19.9 Å². The van der Waals surface area contributed by atoms with Gasteiger partial charge in [-0.05, 0) is 43.2 Å². The first-order valence-corrected chi connectivity index (χ1v) is 8.00. The van der Waals surface area contributed by atoms with Crippen LogP contribution in [0.3, 0.4) is 0 Å². The van der Waals surface area contributed by atoms with Gasteiger partial charge >= 0.3 is 0 Å². The summed E-state index contributed by atoms with van der Waals surface area (Å²) >= 11 is 6.44. The first-order chi connectivity index (χ1) is 12.0. The molecule has 0 bridgehead atoms. The van der Waals surface area contributed by atoms with Crippen LogP contribution in [0.4, 0.5) is 5.95 Å². The lowest BCUT2D eigenvalue weighted by Crippen LogP contribution is -1.99. The van der Waals surface area contributed by atoms with Gasteiger partial charge in [0.25, 0.3) is 0 Å². The van der Waals surface area contributed by atoms with Crippen LogP contribution in [0.15, 0.2) is 41.4 Å². The van der Waals surface area contributed by atoms with Gasteiger partial charge in [-0.2, -0.15) is 0 Å². The molecule has 0 amide bonds. The number of benzene rings is 1. The second-order valence-corrected chi connectivity index (χ2v) is 6.14. The number of aromatic nitrogens is 4. The number of nitrogens with zero attached hydrogens (tertiary/aromatic N) is 4. The number of aryl methyl sites for hydroxylation is 2. The normalized spacial score (nSPS) is 11.2. The molecule has 6 nitrogen and oxygen atoms in total. The number of rotatable bonds is 2. The van der Waals surface area contributed by atoms with E-state index in [1.807, 2.05) is 32.0 Å². The van der Waals surface area contributed by atoms with E-state index in [4.69, 9.17) is 21.8 Å². The Bertz CT molecular complexity index is 1110. The molecule has 7 heteroatoms. The van der Waals surface area contributed by atoms with Gasteiger partial charge in [-0.3, -0.25) is 0 Å². The van der Waals surface area contributed by atoms with Crippen LogP contribution in [0.25, 0.3) is 33.5 Å². The SMILES string of the molecule is Cc1ccoc1-c1nc(N)ncc1-c1cc(Cl)c2ncnc(C)c2c1. The van der Waals surface area contributed by atoms with Crippen molar-refractivity contribution in [3.8, 4) is 22.6 Å². The Labute approximate surface area is 148 Å². The molecule has 0 saturated heterocycles. The first-order valence-electron chi connectivity index (χ1n) is 7.63. The zero-order valence-electron chi connectivity index (χ0n) is 13.6. The van der Waals surface area contributed by atoms with E-state index in [2.05, 4.69) is 19.9 Å². The van der Waals surface area contributed by atoms with Crippen molar-refractivity contribution in [1.82, 2.24) is 19.9 Å². The van der Waals surface area contributed by atoms with Gasteiger partial charge in [0.1, 0.15) is 12.0 Å². The summed E-state index contributed by atoms with van der Waals surface area (Å²) in [5.74, 6) is 0.835. The van der Waals surface area contributed by atoms with E-state index in [9.17, 15) is 0 Å². The smallest absolute Gasteiger partial charge is 0.220 e. The third-order valence-corrected chi connectivity index (χ3v) is 4.38. The third-order valence-electron chi connectivity index (χ3n) is 4.09. The Morgan fingerprint density at radius 2 is 1.96 bits per heavy atom. The van der Waals surface area contributed by atoms with Gasteiger partial charge < -0.3 is 10.2 Å². The Hall–Kier alpha value is -2.99. The predicted molar refractivity (Wildman–Crippen MR) is 97.2 cm³/mol. The molecule has 0 saturated carbocycles. The van der Waals surface area contributed by atoms with Gasteiger partial charge in [-0.15, -0.1) is 0 Å². The van der Waals surface area contributed by atoms with Crippen molar-refractivity contribution in [1.29, 1.82) is 0 Å². The topological polar surface area (TPSA) is 90.7 Å². The Kier molecular flexibility index (Phi) is 3.62. The maximum absolute atomic E-state index is 6.44. The molecule has 0 aliphatic rings. The average Bonchev–Trinajstić information content (AvgIpc) is 3.01. The zero-order chi connectivity index (χ0) is 17.6. The summed E-state index contributed by atoms with van der Waals surface area (Å²) in [6.07, 6.45) is 4.81. The molecule has 0 atom stereocenters. The summed E-state index contributed by atoms with van der Waals surface area (Å²) in [6, 6.07) is 5.70. The third kappa shape index (κ3) is 2.60. The lowest BCUT2D eigenvalue weighted by Gasteiger charge is -2.11. The summed E-state index contributed by atoms with van der Waals surface area (Å²) in [4.78, 5) is 17.0. The highest BCUT2D eigenvalue weighted by molar-refractivity contribution is 6.35. The van der Waals surface area contributed by atoms with Crippen molar-refractivity contribution in [2.75, 3.05) is 5.73 Å². The minimum Gasteiger partial charge on any atom is -0.462 e. The molecule has 2 N–H and O–H groups in total. The molecule has 4 rings (SSSR count). The zero-order valence-corrected chi connectivity index (χ0v) is 14.4. The first kappa shape index (κ1) is 15.5. The molecule has 0 spiro atoms. The molecule has 124 valence electrons. The van der Waals surface area contributed by atoms with E-state index >= 15 is 0 Å². The average molecular weight is 352 g/mol. The summed E-state index contributed by atoms with van der Waals surface area (Å²) in [6.45, 7) is 3.87. The maximum Gasteiger partial charge on any atom is 0.220 e. The minimum absolute atomic E-state index is 0.181.